The van der Waals surface area contributed by atoms with Crippen LogP contribution >= 0.6 is 12.6 Å². The van der Waals surface area contributed by atoms with Crippen molar-refractivity contribution in [2.24, 2.45) is 5.41 Å². The largest absolute Gasteiger partial charge is 0.305 e. The molecule has 1 aromatic heterocycles. The minimum atomic E-state index is 0.538. The van der Waals surface area contributed by atoms with Crippen molar-refractivity contribution < 1.29 is 0 Å². The van der Waals surface area contributed by atoms with Crippen LogP contribution in [-0.2, 0) is 6.42 Å². The first-order chi connectivity index (χ1) is 7.74. The molecule has 88 valence electrons. The third-order valence-electron chi connectivity index (χ3n) is 3.43. The molecular weight excluding hydrogens is 216 g/mol. The predicted octanol–water partition coefficient (Wildman–Crippen LogP) is 2.27. The molecule has 1 aromatic rings. The minimum absolute atomic E-state index is 0.538. The first kappa shape index (κ1) is 11.9. The normalized spacial score (nSPS) is 17.7. The van der Waals surface area contributed by atoms with Gasteiger partial charge in [-0.2, -0.15) is 12.6 Å². The number of pyridine rings is 1. The lowest BCUT2D eigenvalue weighted by Crippen LogP contribution is -2.29. The van der Waals surface area contributed by atoms with E-state index in [2.05, 4.69) is 41.7 Å². The lowest BCUT2D eigenvalue weighted by atomic mass is 10.1. The molecule has 3 heteroatoms. The summed E-state index contributed by atoms with van der Waals surface area (Å²) in [7, 11) is 2.21. The Morgan fingerprint density at radius 3 is 2.62 bits per heavy atom. The smallest absolute Gasteiger partial charge is 0.0270 e. The van der Waals surface area contributed by atoms with Crippen LogP contribution < -0.4 is 0 Å². The van der Waals surface area contributed by atoms with Crippen LogP contribution in [-0.4, -0.2) is 35.8 Å². The summed E-state index contributed by atoms with van der Waals surface area (Å²) in [6.45, 7) is 2.32. The second-order valence-corrected chi connectivity index (χ2v) is 5.32. The summed E-state index contributed by atoms with van der Waals surface area (Å²) in [4.78, 5) is 6.47. The van der Waals surface area contributed by atoms with Gasteiger partial charge >= 0.3 is 0 Å². The maximum atomic E-state index is 4.44. The molecule has 1 aliphatic rings. The molecule has 2 rings (SSSR count). The maximum Gasteiger partial charge on any atom is 0.0270 e. The van der Waals surface area contributed by atoms with Crippen LogP contribution in [0, 0.1) is 5.41 Å². The summed E-state index contributed by atoms with van der Waals surface area (Å²) >= 11 is 4.44. The van der Waals surface area contributed by atoms with Crippen molar-refractivity contribution in [3.63, 3.8) is 0 Å². The van der Waals surface area contributed by atoms with Crippen molar-refractivity contribution in [3.05, 3.63) is 30.1 Å². The third kappa shape index (κ3) is 3.22. The number of hydrogen-bond donors (Lipinski definition) is 1. The van der Waals surface area contributed by atoms with Crippen molar-refractivity contribution in [1.82, 2.24) is 9.88 Å². The molecule has 0 N–H and O–H groups in total. The van der Waals surface area contributed by atoms with Gasteiger partial charge in [0.1, 0.15) is 0 Å². The summed E-state index contributed by atoms with van der Waals surface area (Å²) in [5.74, 6) is 1.03. The Hall–Kier alpha value is -0.540. The van der Waals surface area contributed by atoms with Gasteiger partial charge in [-0.25, -0.2) is 0 Å². The number of rotatable bonds is 6. The Labute approximate surface area is 103 Å². The SMILES string of the molecule is CN(CCc1ccncc1)CC1(CS)CC1. The Morgan fingerprint density at radius 1 is 1.38 bits per heavy atom. The lowest BCUT2D eigenvalue weighted by molar-refractivity contribution is 0.281. The van der Waals surface area contributed by atoms with Gasteiger partial charge in [-0.05, 0) is 55.2 Å². The Morgan fingerprint density at radius 2 is 2.06 bits per heavy atom. The van der Waals surface area contributed by atoms with Crippen molar-refractivity contribution in [1.29, 1.82) is 0 Å². The molecule has 0 amide bonds. The van der Waals surface area contributed by atoms with E-state index in [0.29, 0.717) is 5.41 Å². The van der Waals surface area contributed by atoms with Crippen LogP contribution in [0.25, 0.3) is 0 Å². The maximum absolute atomic E-state index is 4.44. The molecule has 0 unspecified atom stereocenters. The monoisotopic (exact) mass is 236 g/mol. The van der Waals surface area contributed by atoms with E-state index in [-0.39, 0.29) is 0 Å². The van der Waals surface area contributed by atoms with E-state index in [1.165, 1.54) is 24.9 Å². The molecule has 0 spiro atoms. The van der Waals surface area contributed by atoms with Crippen LogP contribution in [0.4, 0.5) is 0 Å². The quantitative estimate of drug-likeness (QED) is 0.763. The van der Waals surface area contributed by atoms with E-state index in [1.54, 1.807) is 0 Å². The molecule has 1 saturated carbocycles. The number of hydrogen-bond acceptors (Lipinski definition) is 3. The molecule has 1 heterocycles. The van der Waals surface area contributed by atoms with E-state index < -0.39 is 0 Å². The second-order valence-electron chi connectivity index (χ2n) is 5.00. The number of thiol groups is 1. The van der Waals surface area contributed by atoms with Crippen molar-refractivity contribution >= 4 is 12.6 Å². The molecule has 0 bridgehead atoms. The highest BCUT2D eigenvalue weighted by Crippen LogP contribution is 2.46. The van der Waals surface area contributed by atoms with E-state index >= 15 is 0 Å². The third-order valence-corrected chi connectivity index (χ3v) is 4.10. The number of likely N-dealkylation sites (N-methyl/N-ethyl adjacent to an activating group) is 1. The first-order valence-corrected chi connectivity index (χ1v) is 6.56. The van der Waals surface area contributed by atoms with E-state index in [1.807, 2.05) is 12.4 Å². The highest BCUT2D eigenvalue weighted by molar-refractivity contribution is 7.80. The standard InChI is InChI=1S/C13H20N2S/c1-15(10-13(11-16)5-6-13)9-4-12-2-7-14-8-3-12/h2-3,7-8,16H,4-6,9-11H2,1H3. The Kier molecular flexibility index (Phi) is 3.87. The summed E-state index contributed by atoms with van der Waals surface area (Å²) in [5.41, 5.74) is 1.91. The molecule has 2 nitrogen and oxygen atoms in total. The van der Waals surface area contributed by atoms with Gasteiger partial charge in [0, 0.05) is 25.5 Å². The molecule has 0 atom stereocenters. The van der Waals surface area contributed by atoms with Crippen molar-refractivity contribution in [3.8, 4) is 0 Å². The van der Waals surface area contributed by atoms with Gasteiger partial charge in [-0.3, -0.25) is 4.98 Å². The molecule has 0 aliphatic heterocycles. The topological polar surface area (TPSA) is 16.1 Å². The fourth-order valence-corrected chi connectivity index (χ4v) is 2.48. The first-order valence-electron chi connectivity index (χ1n) is 5.92. The molecule has 0 radical (unpaired) electrons. The zero-order valence-electron chi connectivity index (χ0n) is 9.89. The van der Waals surface area contributed by atoms with Crippen molar-refractivity contribution in [2.75, 3.05) is 25.9 Å². The molecule has 1 fully saturated rings. The summed E-state index contributed by atoms with van der Waals surface area (Å²) in [6, 6.07) is 4.19. The zero-order chi connectivity index (χ0) is 11.4. The number of nitrogens with zero attached hydrogens (tertiary/aromatic N) is 2. The van der Waals surface area contributed by atoms with Gasteiger partial charge in [0.15, 0.2) is 0 Å². The van der Waals surface area contributed by atoms with Gasteiger partial charge in [-0.1, -0.05) is 0 Å². The predicted molar refractivity (Wildman–Crippen MR) is 71.0 cm³/mol. The fourth-order valence-electron chi connectivity index (χ4n) is 2.06. The minimum Gasteiger partial charge on any atom is -0.305 e. The van der Waals surface area contributed by atoms with Crippen LogP contribution in [0.3, 0.4) is 0 Å². The highest BCUT2D eigenvalue weighted by atomic mass is 32.1. The van der Waals surface area contributed by atoms with E-state index in [9.17, 15) is 0 Å². The van der Waals surface area contributed by atoms with Gasteiger partial charge in [0.05, 0.1) is 0 Å². The van der Waals surface area contributed by atoms with E-state index in [0.717, 1.165) is 18.7 Å². The Balaban J connectivity index is 1.74. The summed E-state index contributed by atoms with van der Waals surface area (Å²) in [6.07, 6.45) is 7.56. The fraction of sp³-hybridized carbons (Fsp3) is 0.615. The molecule has 1 aliphatic carbocycles. The summed E-state index contributed by atoms with van der Waals surface area (Å²) < 4.78 is 0. The van der Waals surface area contributed by atoms with Gasteiger partial charge in [0.25, 0.3) is 0 Å². The average Bonchev–Trinajstić information content (AvgIpc) is 3.08. The van der Waals surface area contributed by atoms with Crippen LogP contribution in [0.2, 0.25) is 0 Å². The molecule has 0 saturated heterocycles. The highest BCUT2D eigenvalue weighted by Gasteiger charge is 2.41. The van der Waals surface area contributed by atoms with Crippen LogP contribution in [0.15, 0.2) is 24.5 Å². The van der Waals surface area contributed by atoms with Crippen LogP contribution in [0.1, 0.15) is 18.4 Å². The van der Waals surface area contributed by atoms with Gasteiger partial charge in [0.2, 0.25) is 0 Å². The zero-order valence-corrected chi connectivity index (χ0v) is 10.8. The van der Waals surface area contributed by atoms with E-state index in [4.69, 9.17) is 0 Å². The van der Waals surface area contributed by atoms with Gasteiger partial charge < -0.3 is 4.90 Å². The number of aromatic nitrogens is 1. The summed E-state index contributed by atoms with van der Waals surface area (Å²) in [5, 5.41) is 0. The molecule has 16 heavy (non-hydrogen) atoms. The Bertz CT molecular complexity index is 322. The molecular formula is C13H20N2S. The van der Waals surface area contributed by atoms with Crippen molar-refractivity contribution in [2.45, 2.75) is 19.3 Å². The lowest BCUT2D eigenvalue weighted by Gasteiger charge is -2.22. The van der Waals surface area contributed by atoms with Crippen LogP contribution in [0.5, 0.6) is 0 Å². The molecule has 0 aromatic carbocycles. The second kappa shape index (κ2) is 5.19. The van der Waals surface area contributed by atoms with Gasteiger partial charge in [-0.15, -0.1) is 0 Å². The average molecular weight is 236 g/mol.